The predicted octanol–water partition coefficient (Wildman–Crippen LogP) is 13.4. The number of esters is 2. The normalized spacial score (nSPS) is 13.7. The van der Waals surface area contributed by atoms with Crippen molar-refractivity contribution < 1.29 is 178 Å². The molecule has 54 heteroatoms. The Labute approximate surface area is 962 Å². The fraction of sp³-hybridized carbons (Fsp3) is 0.161. The summed E-state index contributed by atoms with van der Waals surface area (Å²) in [4.78, 5) is 151. The molecule has 147 heavy (non-hydrogen) atoms. The van der Waals surface area contributed by atoms with Crippen LogP contribution in [-0.2, 0) is 127 Å². The number of hydrogen-bond donors (Lipinski definition) is 13. The number of amides is 1. The van der Waals surface area contributed by atoms with Crippen molar-refractivity contribution in [1.29, 1.82) is 0 Å². The molecule has 0 saturated carbocycles. The van der Waals surface area contributed by atoms with Crippen molar-refractivity contribution in [2.24, 2.45) is 10.7 Å². The molecule has 2 atom stereocenters. The van der Waals surface area contributed by atoms with E-state index in [1.165, 1.54) is 31.1 Å². The van der Waals surface area contributed by atoms with Gasteiger partial charge in [0.1, 0.15) is 65.4 Å². The van der Waals surface area contributed by atoms with Crippen LogP contribution in [0.3, 0.4) is 0 Å². The molecule has 34 nitrogen and oxygen atoms in total. The molecule has 2 unspecified atom stereocenters. The SMILES string of the molecule is C#C.CC(=O)OOC(C)=O.NCc1ccccc1.O=C(O)/C(Cl)=C(/Cl)C=NCc1ccccc1.O=C(O)/C(Cl)=C(/Cl)C=[NH+]Cc1ccccc1.O=C(O)/C(Cl)=C(/Cl)C=[NH+]Cc1ccccc1.O=C(O)/C(Cl)=C(/Cl)CNCc1ccccc1.O=C(O)/C(Cl)=C(/Cl)CNCc1ccccc1.O=C/C(Cl)=C(/Cl)C(=O)O.O=C1C(Cl)=C(Cl)CN1Cc1ccccc1.O=C1OC(O)C(Cl)=C1Cl.OC1OC(=[OH+])C(Cl)=C1Cl.[B-]OC(C)=O.[H+].[H+].[H+].[H-].[Na+].[OH-]. The number of aliphatic hydroxyl groups excluding tert-OH is 2. The number of cyclic esters (lactones) is 2. The molecule has 0 bridgehead atoms. The summed E-state index contributed by atoms with van der Waals surface area (Å²) in [6.07, 6.45) is 9.46. The third-order valence-corrected chi connectivity index (χ3v) is 22.1. The monoisotopic (exact) mass is 2400 g/mol. The van der Waals surface area contributed by atoms with Crippen LogP contribution in [0, 0.1) is 12.8 Å². The topological polar surface area (TPSA) is 558 Å². The molecule has 787 valence electrons. The van der Waals surface area contributed by atoms with E-state index in [4.69, 9.17) is 260 Å². The number of aliphatic carboxylic acids is 6. The number of carboxylic acid groups (broad SMARTS) is 6. The number of rotatable bonds is 27. The maximum Gasteiger partial charge on any atom is 1.00 e. The Balaban J connectivity index is -0.000000209. The quantitative estimate of drug-likeness (QED) is 0.00262. The summed E-state index contributed by atoms with van der Waals surface area (Å²) >= 11 is 98.0. The second-order valence-electron chi connectivity index (χ2n) is 25.9. The van der Waals surface area contributed by atoms with Gasteiger partial charge in [0.15, 0.2) is 31.8 Å². The second kappa shape index (κ2) is 86.9. The van der Waals surface area contributed by atoms with Crippen molar-refractivity contribution >= 4 is 313 Å². The van der Waals surface area contributed by atoms with E-state index in [0.29, 0.717) is 57.4 Å². The smallest absolute Gasteiger partial charge is 1.00 e. The molecule has 7 aromatic rings. The minimum absolute atomic E-state index is 0. The van der Waals surface area contributed by atoms with Crippen LogP contribution < -0.4 is 55.9 Å². The molecular weight excluding hydrogens is 2320 g/mol. The molecule has 7 aromatic carbocycles. The van der Waals surface area contributed by atoms with Gasteiger partial charge in [-0.3, -0.25) is 24.1 Å². The van der Waals surface area contributed by atoms with Crippen LogP contribution in [0.15, 0.2) is 308 Å². The molecule has 3 aliphatic rings. The van der Waals surface area contributed by atoms with Crippen LogP contribution in [0.2, 0.25) is 0 Å². The first kappa shape index (κ1) is 146. The number of aldehydes is 1. The molecule has 10 rings (SSSR count). The third kappa shape index (κ3) is 69.9. The number of nitrogens with two attached hydrogens (primary N) is 1. The standard InChI is InChI=1S/2C11H11Cl2NO2.3C11H9Cl2NO2.C11H9Cl2NO.C7H9N.3C4H2Cl2O3.C4H6O4.C2H3BO2.C2H2.Na.H2O.H/c5*12-9(10(13)11(15)16)7-14-6-8-4-2-1-3-5-8;12-9-7-14(11(15)10(9)13)6-8-4-2-1-3-5-8;8-6-7-4-2-1-3-5-7;2*5-1-2(6)4(8)9-3(1)7;5-2(1-7)3(6)4(8)9;1-3(5)7-8-4(2)6;1-2(4)5-3;1-2;;;/h2*1-5,14H,6-7H2,(H,15,16);3*1-5,7H,6H2,(H,15,16);1-5H,6-7H2;1-5H,6,8H2;2*3,7H;1H,(H,8,9);1-2H3;1H3;1-2H;;1H2;/q;;;;;;;;;;;-1;;+1;;-1/p+5/b2*10-9-;3*10-9-,14-7?;;;;;3-2-;;;;;;. The van der Waals surface area contributed by atoms with Crippen LogP contribution in [0.25, 0.3) is 0 Å². The van der Waals surface area contributed by atoms with Gasteiger partial charge in [0, 0.05) is 77.4 Å². The fourth-order valence-electron chi connectivity index (χ4n) is 8.44. The number of benzene rings is 7. The van der Waals surface area contributed by atoms with E-state index in [1.54, 1.807) is 4.90 Å². The first-order valence-electron chi connectivity index (χ1n) is 39.4. The van der Waals surface area contributed by atoms with Crippen molar-refractivity contribution in [3.05, 3.63) is 342 Å². The number of aliphatic hydroxyl groups is 2. The number of allylic oxidation sites excluding steroid dienone is 4. The van der Waals surface area contributed by atoms with Crippen LogP contribution in [0.1, 0.15) is 65.4 Å². The van der Waals surface area contributed by atoms with Gasteiger partial charge in [0.2, 0.25) is 17.3 Å². The number of nitrogens with zero attached hydrogens (tertiary/aromatic N) is 2. The zero-order chi connectivity index (χ0) is 111. The van der Waals surface area contributed by atoms with Crippen LogP contribution in [0.4, 0.5) is 0 Å². The Morgan fingerprint density at radius 3 is 0.993 bits per heavy atom. The van der Waals surface area contributed by atoms with Crippen molar-refractivity contribution in [3.63, 3.8) is 0 Å². The Bertz CT molecular complexity index is 5480. The second-order valence-corrected chi connectivity index (χ2v) is 33.1. The van der Waals surface area contributed by atoms with Crippen molar-refractivity contribution in [1.82, 2.24) is 15.5 Å². The van der Waals surface area contributed by atoms with Crippen molar-refractivity contribution in [2.45, 2.75) is 79.2 Å². The Morgan fingerprint density at radius 2 is 0.762 bits per heavy atom. The summed E-state index contributed by atoms with van der Waals surface area (Å²) in [6.45, 7) is 8.36. The van der Waals surface area contributed by atoms with E-state index >= 15 is 0 Å². The van der Waals surface area contributed by atoms with Gasteiger partial charge in [-0.2, -0.15) is 0 Å². The van der Waals surface area contributed by atoms with Crippen molar-refractivity contribution in [3.8, 4) is 12.8 Å². The number of carboxylic acids is 6. The third-order valence-electron chi connectivity index (χ3n) is 15.0. The molecule has 16 N–H and O–H groups in total. The van der Waals surface area contributed by atoms with Crippen LogP contribution in [-0.4, -0.2) is 193 Å². The maximum atomic E-state index is 11.6. The minimum Gasteiger partial charge on any atom is -1.00 e. The summed E-state index contributed by atoms with van der Waals surface area (Å²) in [7, 11) is 4.32. The Hall–Kier alpha value is -9.88. The first-order valence-corrected chi connectivity index (χ1v) is 46.2. The Morgan fingerprint density at radius 1 is 0.469 bits per heavy atom. The number of nitrogens with one attached hydrogen (secondary N) is 4. The molecule has 0 spiro atoms. The van der Waals surface area contributed by atoms with Gasteiger partial charge < -0.3 is 91.3 Å². The van der Waals surface area contributed by atoms with Crippen molar-refractivity contribution in [2.75, 3.05) is 19.6 Å². The number of aliphatic imine (C=N–C) groups is 1. The van der Waals surface area contributed by atoms with Gasteiger partial charge in [-0.15, -0.1) is 12.8 Å². The number of carbonyl (C=O) groups excluding carboxylic acids is 7. The molecule has 0 aromatic heterocycles. The van der Waals surface area contributed by atoms with Gasteiger partial charge in [-0.05, 0) is 27.8 Å². The Kier molecular flexibility index (Phi) is 86.0. The van der Waals surface area contributed by atoms with E-state index in [2.05, 4.69) is 70.4 Å². The number of terminal acetylenes is 1. The predicted molar refractivity (Wildman–Crippen MR) is 569 cm³/mol. The van der Waals surface area contributed by atoms with Gasteiger partial charge >= 0.3 is 99.8 Å². The summed E-state index contributed by atoms with van der Waals surface area (Å²) in [6, 6.07) is 67.9. The number of hydrogen-bond acceptors (Lipinski definition) is 24. The molecular formula is C93H92BCl18N7NaO27+4. The average Bonchev–Trinajstić information content (AvgIpc) is 1.70. The molecule has 1 amide bonds. The van der Waals surface area contributed by atoms with E-state index < -0.39 is 103 Å². The van der Waals surface area contributed by atoms with Gasteiger partial charge in [-0.1, -0.05) is 421 Å². The largest absolute Gasteiger partial charge is 1.00 e. The number of ether oxygens (including phenoxy) is 2. The van der Waals surface area contributed by atoms with E-state index in [-0.39, 0.29) is 126 Å². The number of halogens is 18. The molecule has 0 saturated heterocycles. The average molecular weight is 2410 g/mol. The number of carbonyl (C=O) groups is 12. The molecule has 0 fully saturated rings. The summed E-state index contributed by atoms with van der Waals surface area (Å²) in [5.74, 6) is -10.8. The van der Waals surface area contributed by atoms with Gasteiger partial charge in [0.25, 0.3) is 5.91 Å². The fourth-order valence-corrected chi connectivity index (χ4v) is 10.6. The summed E-state index contributed by atoms with van der Waals surface area (Å²) in [5, 5.41) is 71.0. The molecule has 3 aliphatic heterocycles. The summed E-state index contributed by atoms with van der Waals surface area (Å²) in [5.41, 5.74) is 12.9. The molecule has 0 aliphatic carbocycles. The molecule has 3 radical (unpaired) electrons. The van der Waals surface area contributed by atoms with E-state index in [0.717, 1.165) is 47.2 Å². The molecule has 3 heterocycles. The minimum atomic E-state index is -1.41. The van der Waals surface area contributed by atoms with Gasteiger partial charge in [0.05, 0.1) is 33.2 Å². The summed E-state index contributed by atoms with van der Waals surface area (Å²) < 4.78 is 12.1. The van der Waals surface area contributed by atoms with E-state index in [1.807, 2.05) is 212 Å². The zero-order valence-corrected chi connectivity index (χ0v) is 92.3. The zero-order valence-electron chi connectivity index (χ0n) is 80.7. The van der Waals surface area contributed by atoms with Gasteiger partial charge in [-0.25, -0.2) is 62.9 Å². The van der Waals surface area contributed by atoms with E-state index in [9.17, 15) is 57.5 Å². The van der Waals surface area contributed by atoms with Crippen LogP contribution >= 0.6 is 209 Å². The maximum absolute atomic E-state index is 11.6. The van der Waals surface area contributed by atoms with Crippen LogP contribution in [0.5, 0.6) is 0 Å². The first-order chi connectivity index (χ1) is 68.4.